The summed E-state index contributed by atoms with van der Waals surface area (Å²) in [7, 11) is 1.66. The predicted molar refractivity (Wildman–Crippen MR) is 85.5 cm³/mol. The Bertz CT molecular complexity index is 448. The van der Waals surface area contributed by atoms with Gasteiger partial charge in [-0.05, 0) is 55.9 Å². The van der Waals surface area contributed by atoms with Gasteiger partial charge in [0.25, 0.3) is 0 Å². The molecule has 0 spiro atoms. The standard InChI is InChI=1S/C18H26O3/c1-14(12-19)6-5-7-15(2)16(3)21-13-17-8-10-18(20-4)11-9-17/h6,8-12,15-16H,5,7,13H2,1-4H3/b14-6+/t15-,16+/m0/s1. The van der Waals surface area contributed by atoms with Crippen molar-refractivity contribution in [1.82, 2.24) is 0 Å². The number of allylic oxidation sites excluding steroid dienone is 2. The van der Waals surface area contributed by atoms with Crippen LogP contribution >= 0.6 is 0 Å². The summed E-state index contributed by atoms with van der Waals surface area (Å²) in [6.07, 6.45) is 5.02. The summed E-state index contributed by atoms with van der Waals surface area (Å²) in [6, 6.07) is 7.93. The molecule has 0 radical (unpaired) electrons. The summed E-state index contributed by atoms with van der Waals surface area (Å²) in [5.41, 5.74) is 1.94. The Balaban J connectivity index is 2.34. The first-order chi connectivity index (χ1) is 10.1. The van der Waals surface area contributed by atoms with Gasteiger partial charge in [0, 0.05) is 0 Å². The summed E-state index contributed by atoms with van der Waals surface area (Å²) in [5.74, 6) is 1.32. The van der Waals surface area contributed by atoms with Crippen molar-refractivity contribution < 1.29 is 14.3 Å². The zero-order chi connectivity index (χ0) is 15.7. The average Bonchev–Trinajstić information content (AvgIpc) is 2.52. The number of hydrogen-bond acceptors (Lipinski definition) is 3. The second kappa shape index (κ2) is 9.35. The lowest BCUT2D eigenvalue weighted by molar-refractivity contribution is -0.104. The van der Waals surface area contributed by atoms with Crippen molar-refractivity contribution in [3.05, 3.63) is 41.5 Å². The van der Waals surface area contributed by atoms with Crippen molar-refractivity contribution in [2.24, 2.45) is 5.92 Å². The minimum absolute atomic E-state index is 0.192. The third-order valence-corrected chi connectivity index (χ3v) is 3.75. The van der Waals surface area contributed by atoms with Gasteiger partial charge in [0.05, 0.1) is 19.8 Å². The van der Waals surface area contributed by atoms with Crippen LogP contribution in [0.3, 0.4) is 0 Å². The van der Waals surface area contributed by atoms with Crippen LogP contribution in [0, 0.1) is 5.92 Å². The highest BCUT2D eigenvalue weighted by atomic mass is 16.5. The van der Waals surface area contributed by atoms with Gasteiger partial charge in [-0.15, -0.1) is 0 Å². The van der Waals surface area contributed by atoms with Crippen LogP contribution < -0.4 is 4.74 Å². The molecule has 0 bridgehead atoms. The molecule has 1 rings (SSSR count). The van der Waals surface area contributed by atoms with Crippen LogP contribution in [-0.4, -0.2) is 19.5 Å². The van der Waals surface area contributed by atoms with Crippen LogP contribution in [0.15, 0.2) is 35.9 Å². The molecule has 0 N–H and O–H groups in total. The third-order valence-electron chi connectivity index (χ3n) is 3.75. The molecule has 3 nitrogen and oxygen atoms in total. The van der Waals surface area contributed by atoms with Crippen LogP contribution in [0.2, 0.25) is 0 Å². The zero-order valence-corrected chi connectivity index (χ0v) is 13.5. The lowest BCUT2D eigenvalue weighted by atomic mass is 9.99. The highest BCUT2D eigenvalue weighted by Gasteiger charge is 2.12. The quantitative estimate of drug-likeness (QED) is 0.506. The Labute approximate surface area is 128 Å². The number of rotatable bonds is 9. The second-order valence-electron chi connectivity index (χ2n) is 5.48. The highest BCUT2D eigenvalue weighted by molar-refractivity contribution is 5.71. The predicted octanol–water partition coefficient (Wildman–Crippen LogP) is 4.16. The van der Waals surface area contributed by atoms with E-state index in [9.17, 15) is 4.79 Å². The molecule has 0 amide bonds. The van der Waals surface area contributed by atoms with Crippen molar-refractivity contribution in [3.8, 4) is 5.75 Å². The number of carbonyl (C=O) groups excluding carboxylic acids is 1. The monoisotopic (exact) mass is 290 g/mol. The maximum atomic E-state index is 10.5. The van der Waals surface area contributed by atoms with Crippen molar-refractivity contribution in [2.45, 2.75) is 46.3 Å². The van der Waals surface area contributed by atoms with Gasteiger partial charge in [-0.25, -0.2) is 0 Å². The minimum atomic E-state index is 0.192. The lowest BCUT2D eigenvalue weighted by Gasteiger charge is -2.20. The van der Waals surface area contributed by atoms with Crippen molar-refractivity contribution in [3.63, 3.8) is 0 Å². The van der Waals surface area contributed by atoms with E-state index in [4.69, 9.17) is 9.47 Å². The van der Waals surface area contributed by atoms with Crippen LogP contribution in [-0.2, 0) is 16.1 Å². The smallest absolute Gasteiger partial charge is 0.145 e. The molecule has 116 valence electrons. The maximum Gasteiger partial charge on any atom is 0.145 e. The molecule has 2 atom stereocenters. The second-order valence-corrected chi connectivity index (χ2v) is 5.48. The molecule has 21 heavy (non-hydrogen) atoms. The molecular weight excluding hydrogens is 264 g/mol. The van der Waals surface area contributed by atoms with Gasteiger partial charge in [0.2, 0.25) is 0 Å². The summed E-state index contributed by atoms with van der Waals surface area (Å²) in [4.78, 5) is 10.5. The first-order valence-electron chi connectivity index (χ1n) is 7.43. The van der Waals surface area contributed by atoms with Crippen molar-refractivity contribution in [2.75, 3.05) is 7.11 Å². The first kappa shape index (κ1) is 17.4. The van der Waals surface area contributed by atoms with E-state index in [-0.39, 0.29) is 6.10 Å². The van der Waals surface area contributed by atoms with E-state index in [0.717, 1.165) is 36.0 Å². The molecule has 0 aliphatic rings. The Morgan fingerprint density at radius 1 is 1.24 bits per heavy atom. The van der Waals surface area contributed by atoms with E-state index < -0.39 is 0 Å². The lowest BCUT2D eigenvalue weighted by Crippen LogP contribution is -2.18. The summed E-state index contributed by atoms with van der Waals surface area (Å²) >= 11 is 0. The molecule has 0 saturated heterocycles. The van der Waals surface area contributed by atoms with Gasteiger partial charge in [-0.3, -0.25) is 4.79 Å². The Kier molecular flexibility index (Phi) is 7.76. The number of aldehydes is 1. The fourth-order valence-corrected chi connectivity index (χ4v) is 1.97. The fraction of sp³-hybridized carbons (Fsp3) is 0.500. The van der Waals surface area contributed by atoms with Crippen LogP contribution in [0.5, 0.6) is 5.75 Å². The van der Waals surface area contributed by atoms with Gasteiger partial charge in [-0.2, -0.15) is 0 Å². The molecule has 1 aromatic carbocycles. The number of ether oxygens (including phenoxy) is 2. The molecule has 0 fully saturated rings. The Morgan fingerprint density at radius 2 is 1.90 bits per heavy atom. The van der Waals surface area contributed by atoms with E-state index in [1.165, 1.54) is 0 Å². The van der Waals surface area contributed by atoms with Gasteiger partial charge in [0.1, 0.15) is 12.0 Å². The van der Waals surface area contributed by atoms with Crippen LogP contribution in [0.1, 0.15) is 39.2 Å². The summed E-state index contributed by atoms with van der Waals surface area (Å²) in [5, 5.41) is 0. The van der Waals surface area contributed by atoms with Crippen molar-refractivity contribution in [1.29, 1.82) is 0 Å². The molecule has 0 aliphatic heterocycles. The molecule has 0 heterocycles. The topological polar surface area (TPSA) is 35.5 Å². The van der Waals surface area contributed by atoms with Gasteiger partial charge in [-0.1, -0.05) is 25.1 Å². The van der Waals surface area contributed by atoms with E-state index in [0.29, 0.717) is 12.5 Å². The normalized spacial score (nSPS) is 14.6. The number of methoxy groups -OCH3 is 1. The average molecular weight is 290 g/mol. The summed E-state index contributed by atoms with van der Waals surface area (Å²) in [6.45, 7) is 6.73. The molecule has 0 aromatic heterocycles. The van der Waals surface area contributed by atoms with Crippen molar-refractivity contribution >= 4 is 6.29 Å². The van der Waals surface area contributed by atoms with Gasteiger partial charge >= 0.3 is 0 Å². The van der Waals surface area contributed by atoms with E-state index in [1.807, 2.05) is 37.3 Å². The number of carbonyl (C=O) groups is 1. The largest absolute Gasteiger partial charge is 0.497 e. The Hall–Kier alpha value is -1.61. The minimum Gasteiger partial charge on any atom is -0.497 e. The maximum absolute atomic E-state index is 10.5. The molecule has 0 saturated carbocycles. The first-order valence-corrected chi connectivity index (χ1v) is 7.43. The van der Waals surface area contributed by atoms with E-state index in [2.05, 4.69) is 13.8 Å². The fourth-order valence-electron chi connectivity index (χ4n) is 1.97. The zero-order valence-electron chi connectivity index (χ0n) is 13.5. The molecule has 1 aromatic rings. The molecular formula is C18H26O3. The third kappa shape index (κ3) is 6.58. The highest BCUT2D eigenvalue weighted by Crippen LogP contribution is 2.17. The Morgan fingerprint density at radius 3 is 2.48 bits per heavy atom. The molecule has 0 aliphatic carbocycles. The summed E-state index contributed by atoms with van der Waals surface area (Å²) < 4.78 is 11.1. The molecule has 3 heteroatoms. The SMILES string of the molecule is COc1ccc(CO[C@H](C)[C@@H](C)CC/C=C(\C)C=O)cc1. The van der Waals surface area contributed by atoms with Crippen LogP contribution in [0.25, 0.3) is 0 Å². The van der Waals surface area contributed by atoms with Gasteiger partial charge in [0.15, 0.2) is 0 Å². The van der Waals surface area contributed by atoms with E-state index >= 15 is 0 Å². The van der Waals surface area contributed by atoms with E-state index in [1.54, 1.807) is 7.11 Å². The number of hydrogen-bond donors (Lipinski definition) is 0. The van der Waals surface area contributed by atoms with Crippen LogP contribution in [0.4, 0.5) is 0 Å². The molecule has 0 unspecified atom stereocenters. The number of benzene rings is 1. The van der Waals surface area contributed by atoms with Gasteiger partial charge < -0.3 is 9.47 Å².